The molecule has 2 aromatic carbocycles. The molecule has 0 saturated carbocycles. The first-order valence-electron chi connectivity index (χ1n) is 9.86. The first kappa shape index (κ1) is 21.7. The zero-order valence-electron chi connectivity index (χ0n) is 17.0. The Morgan fingerprint density at radius 3 is 2.37 bits per heavy atom. The summed E-state index contributed by atoms with van der Waals surface area (Å²) >= 11 is 0.948. The van der Waals surface area contributed by atoms with Crippen LogP contribution in [0.5, 0.6) is 5.75 Å². The highest BCUT2D eigenvalue weighted by molar-refractivity contribution is 8.15. The van der Waals surface area contributed by atoms with Gasteiger partial charge in [0, 0.05) is 18.8 Å². The molecule has 1 atom stereocenters. The molecule has 1 fully saturated rings. The predicted octanol–water partition coefficient (Wildman–Crippen LogP) is 3.31. The minimum atomic E-state index is -0.505. The molecule has 2 aromatic rings. The van der Waals surface area contributed by atoms with Gasteiger partial charge in [0.2, 0.25) is 11.8 Å². The zero-order valence-corrected chi connectivity index (χ0v) is 17.8. The molecule has 0 radical (unpaired) electrons. The van der Waals surface area contributed by atoms with Crippen molar-refractivity contribution in [2.45, 2.75) is 31.9 Å². The second kappa shape index (κ2) is 9.67. The number of carbonyl (C=O) groups excluding carboxylic acids is 3. The van der Waals surface area contributed by atoms with Gasteiger partial charge in [-0.1, -0.05) is 30.0 Å². The Balaban J connectivity index is 1.63. The number of benzene rings is 2. The van der Waals surface area contributed by atoms with Gasteiger partial charge in [-0.15, -0.1) is 0 Å². The lowest BCUT2D eigenvalue weighted by Crippen LogP contribution is -2.25. The van der Waals surface area contributed by atoms with Crippen LogP contribution in [0.15, 0.2) is 42.5 Å². The van der Waals surface area contributed by atoms with Gasteiger partial charge in [-0.3, -0.25) is 19.7 Å². The molecule has 0 aliphatic carbocycles. The van der Waals surface area contributed by atoms with Crippen molar-refractivity contribution in [3.05, 3.63) is 53.6 Å². The van der Waals surface area contributed by atoms with Crippen molar-refractivity contribution >= 4 is 40.2 Å². The van der Waals surface area contributed by atoms with Gasteiger partial charge in [0.05, 0.1) is 17.4 Å². The highest BCUT2D eigenvalue weighted by Gasteiger charge is 2.31. The molecule has 1 heterocycles. The van der Waals surface area contributed by atoms with Crippen LogP contribution in [0, 0.1) is 0 Å². The number of thioether (sulfide) groups is 1. The summed E-state index contributed by atoms with van der Waals surface area (Å²) in [4.78, 5) is 37.8. The van der Waals surface area contributed by atoms with Crippen LogP contribution in [0.3, 0.4) is 0 Å². The Bertz CT molecular complexity index is 942. The van der Waals surface area contributed by atoms with Crippen molar-refractivity contribution < 1.29 is 19.5 Å². The SMILES string of the molecule is CCN(CC)c1ccc(CC(=O)Nc2cc(CC3SC(=O)NC3=O)ccc2O)cc1. The van der Waals surface area contributed by atoms with Gasteiger partial charge in [-0.25, -0.2) is 0 Å². The molecule has 3 rings (SSSR count). The first-order valence-corrected chi connectivity index (χ1v) is 10.7. The van der Waals surface area contributed by atoms with Gasteiger partial charge in [-0.05, 0) is 55.7 Å². The molecule has 1 unspecified atom stereocenters. The molecule has 3 amide bonds. The summed E-state index contributed by atoms with van der Waals surface area (Å²) in [5.74, 6) is -0.624. The molecule has 7 nitrogen and oxygen atoms in total. The van der Waals surface area contributed by atoms with Gasteiger partial charge < -0.3 is 15.3 Å². The van der Waals surface area contributed by atoms with Crippen molar-refractivity contribution in [2.75, 3.05) is 23.3 Å². The van der Waals surface area contributed by atoms with E-state index in [0.29, 0.717) is 6.42 Å². The van der Waals surface area contributed by atoms with Gasteiger partial charge in [0.15, 0.2) is 0 Å². The highest BCUT2D eigenvalue weighted by atomic mass is 32.2. The molecule has 30 heavy (non-hydrogen) atoms. The van der Waals surface area contributed by atoms with Crippen LogP contribution in [-0.2, 0) is 22.4 Å². The van der Waals surface area contributed by atoms with E-state index >= 15 is 0 Å². The molecule has 158 valence electrons. The second-order valence-electron chi connectivity index (χ2n) is 7.00. The van der Waals surface area contributed by atoms with E-state index in [4.69, 9.17) is 0 Å². The van der Waals surface area contributed by atoms with Crippen LogP contribution in [-0.4, -0.2) is 40.5 Å². The van der Waals surface area contributed by atoms with E-state index in [0.717, 1.165) is 41.7 Å². The smallest absolute Gasteiger partial charge is 0.286 e. The number of phenolic OH excluding ortho intramolecular Hbond substituents is 1. The van der Waals surface area contributed by atoms with Gasteiger partial charge in [0.1, 0.15) is 5.75 Å². The fourth-order valence-electron chi connectivity index (χ4n) is 3.35. The molecule has 0 aromatic heterocycles. The molecular weight excluding hydrogens is 402 g/mol. The molecule has 1 saturated heterocycles. The lowest BCUT2D eigenvalue weighted by Gasteiger charge is -2.21. The Hall–Kier alpha value is -3.00. The third-order valence-corrected chi connectivity index (χ3v) is 5.93. The van der Waals surface area contributed by atoms with Crippen LogP contribution in [0.1, 0.15) is 25.0 Å². The summed E-state index contributed by atoms with van der Waals surface area (Å²) in [6, 6.07) is 12.6. The van der Waals surface area contributed by atoms with Crippen molar-refractivity contribution in [3.8, 4) is 5.75 Å². The monoisotopic (exact) mass is 427 g/mol. The van der Waals surface area contributed by atoms with E-state index in [9.17, 15) is 19.5 Å². The van der Waals surface area contributed by atoms with Gasteiger partial charge in [-0.2, -0.15) is 0 Å². The molecule has 1 aliphatic rings. The summed E-state index contributed by atoms with van der Waals surface area (Å²) in [5.41, 5.74) is 3.01. The Morgan fingerprint density at radius 1 is 1.10 bits per heavy atom. The highest BCUT2D eigenvalue weighted by Crippen LogP contribution is 2.28. The number of anilines is 2. The summed E-state index contributed by atoms with van der Waals surface area (Å²) in [5, 5.41) is 14.2. The first-order chi connectivity index (χ1) is 14.4. The number of nitrogens with zero attached hydrogens (tertiary/aromatic N) is 1. The minimum absolute atomic E-state index is 0.0522. The number of carbonyl (C=O) groups is 3. The molecule has 1 aliphatic heterocycles. The third kappa shape index (κ3) is 5.33. The fourth-order valence-corrected chi connectivity index (χ4v) is 4.20. The standard InChI is InChI=1S/C22H25N3O4S/c1-3-25(4-2)16-8-5-14(6-9-16)13-20(27)23-17-11-15(7-10-18(17)26)12-19-21(28)24-22(29)30-19/h5-11,19,26H,3-4,12-13H2,1-2H3,(H,23,27)(H,24,28,29). The summed E-state index contributed by atoms with van der Waals surface area (Å²) in [7, 11) is 0. The number of amides is 3. The lowest BCUT2D eigenvalue weighted by molar-refractivity contribution is -0.119. The van der Waals surface area contributed by atoms with Crippen molar-refractivity contribution in [1.82, 2.24) is 5.32 Å². The van der Waals surface area contributed by atoms with Crippen molar-refractivity contribution in [1.29, 1.82) is 0 Å². The number of aromatic hydroxyl groups is 1. The topological polar surface area (TPSA) is 98.7 Å². The van der Waals surface area contributed by atoms with Gasteiger partial charge >= 0.3 is 0 Å². The van der Waals surface area contributed by atoms with E-state index in [2.05, 4.69) is 29.4 Å². The quantitative estimate of drug-likeness (QED) is 0.559. The normalized spacial score (nSPS) is 15.7. The molecule has 3 N–H and O–H groups in total. The van der Waals surface area contributed by atoms with E-state index in [1.807, 2.05) is 24.3 Å². The van der Waals surface area contributed by atoms with Gasteiger partial charge in [0.25, 0.3) is 5.24 Å². The summed E-state index contributed by atoms with van der Waals surface area (Å²) < 4.78 is 0. The van der Waals surface area contributed by atoms with Crippen LogP contribution in [0.25, 0.3) is 0 Å². The maximum absolute atomic E-state index is 12.5. The maximum atomic E-state index is 12.5. The Kier molecular flexibility index (Phi) is 6.99. The Morgan fingerprint density at radius 2 is 1.77 bits per heavy atom. The second-order valence-corrected chi connectivity index (χ2v) is 8.18. The minimum Gasteiger partial charge on any atom is -0.506 e. The molecule has 8 heteroatoms. The third-order valence-electron chi connectivity index (χ3n) is 4.95. The van der Waals surface area contributed by atoms with E-state index in [1.165, 1.54) is 6.07 Å². The predicted molar refractivity (Wildman–Crippen MR) is 119 cm³/mol. The lowest BCUT2D eigenvalue weighted by atomic mass is 10.1. The van der Waals surface area contributed by atoms with E-state index in [-0.39, 0.29) is 34.9 Å². The van der Waals surface area contributed by atoms with E-state index in [1.54, 1.807) is 12.1 Å². The number of rotatable bonds is 8. The van der Waals surface area contributed by atoms with Crippen molar-refractivity contribution in [2.24, 2.45) is 0 Å². The zero-order chi connectivity index (χ0) is 21.7. The number of hydrogen-bond acceptors (Lipinski definition) is 6. The average molecular weight is 428 g/mol. The number of nitrogens with one attached hydrogen (secondary N) is 2. The van der Waals surface area contributed by atoms with Crippen LogP contribution in [0.2, 0.25) is 0 Å². The number of imide groups is 1. The summed E-state index contributed by atoms with van der Waals surface area (Å²) in [6.07, 6.45) is 0.510. The van der Waals surface area contributed by atoms with Crippen LogP contribution in [0.4, 0.5) is 16.2 Å². The summed E-state index contributed by atoms with van der Waals surface area (Å²) in [6.45, 7) is 6.03. The number of hydrogen-bond donors (Lipinski definition) is 3. The average Bonchev–Trinajstić information content (AvgIpc) is 3.03. The van der Waals surface area contributed by atoms with Crippen LogP contribution < -0.4 is 15.5 Å². The molecular formula is C22H25N3O4S. The van der Waals surface area contributed by atoms with Crippen LogP contribution >= 0.6 is 11.8 Å². The number of phenols is 1. The molecule has 0 spiro atoms. The largest absolute Gasteiger partial charge is 0.506 e. The van der Waals surface area contributed by atoms with E-state index < -0.39 is 5.25 Å². The van der Waals surface area contributed by atoms with Crippen molar-refractivity contribution in [3.63, 3.8) is 0 Å². The maximum Gasteiger partial charge on any atom is 0.286 e. The fraction of sp³-hybridized carbons (Fsp3) is 0.318. The molecule has 0 bridgehead atoms. The Labute approximate surface area is 179 Å².